The number of hydrogen-bond donors (Lipinski definition) is 2. The summed E-state index contributed by atoms with van der Waals surface area (Å²) in [6.07, 6.45) is 13.6. The van der Waals surface area contributed by atoms with E-state index in [0.717, 1.165) is 30.7 Å². The van der Waals surface area contributed by atoms with Crippen LogP contribution in [0.4, 0.5) is 0 Å². The lowest BCUT2D eigenvalue weighted by Crippen LogP contribution is -2.53. The highest BCUT2D eigenvalue weighted by atomic mass is 31.2. The number of hydrogen-bond acceptors (Lipinski definition) is 2. The predicted octanol–water partition coefficient (Wildman–Crippen LogP) is 10.5. The summed E-state index contributed by atoms with van der Waals surface area (Å²) in [7, 11) is -4.88. The molecule has 2 N–H and O–H groups in total. The second-order valence-corrected chi connectivity index (χ2v) is 17.4. The average Bonchev–Trinajstić information content (AvgIpc) is 3.21. The zero-order valence-electron chi connectivity index (χ0n) is 27.8. The molecule has 0 aliphatic heterocycles. The van der Waals surface area contributed by atoms with Crippen molar-refractivity contribution in [2.75, 3.05) is 0 Å². The smallest absolute Gasteiger partial charge is 0.303 e. The fourth-order valence-electron chi connectivity index (χ4n) is 12.1. The van der Waals surface area contributed by atoms with Crippen LogP contribution < -0.4 is 0 Å². The maximum atomic E-state index is 13.3. The molecular weight excluding hydrogens is 563 g/mol. The van der Waals surface area contributed by atoms with Gasteiger partial charge in [-0.3, -0.25) is 4.52 Å². The van der Waals surface area contributed by atoms with Gasteiger partial charge in [0.15, 0.2) is 0 Å². The van der Waals surface area contributed by atoms with Gasteiger partial charge in [0, 0.05) is 11.8 Å². The summed E-state index contributed by atoms with van der Waals surface area (Å²) in [5.41, 5.74) is 1.24. The molecule has 4 nitrogen and oxygen atoms in total. The first-order chi connectivity index (χ1) is 20.9. The Morgan fingerprint density at radius 1 is 0.841 bits per heavy atom. The van der Waals surface area contributed by atoms with E-state index in [1.165, 1.54) is 56.9 Å². The Labute approximate surface area is 267 Å². The SMILES string of the molecule is CC(C)CCC[C@@H](C)[C@H]1C(OP(=O)(O)O)(c2ccccc2)C(c2ccccc2)[C@H]2[C@@H]3CCC4CCCC[C@]4(C)[C@H]3CC[C@@]21C. The Bertz CT molecular complexity index is 1310. The van der Waals surface area contributed by atoms with Crippen LogP contribution >= 0.6 is 7.82 Å². The van der Waals surface area contributed by atoms with Crippen LogP contribution in [-0.4, -0.2) is 9.79 Å². The van der Waals surface area contributed by atoms with Crippen LogP contribution in [0.1, 0.15) is 122 Å². The molecule has 10 atom stereocenters. The minimum atomic E-state index is -4.88. The Morgan fingerprint density at radius 2 is 1.52 bits per heavy atom. The van der Waals surface area contributed by atoms with Crippen molar-refractivity contribution < 1.29 is 18.9 Å². The van der Waals surface area contributed by atoms with Crippen molar-refractivity contribution in [2.24, 2.45) is 52.3 Å². The van der Waals surface area contributed by atoms with Crippen molar-refractivity contribution in [3.63, 3.8) is 0 Å². The Balaban J connectivity index is 1.59. The van der Waals surface area contributed by atoms with E-state index < -0.39 is 13.4 Å². The third-order valence-corrected chi connectivity index (χ3v) is 14.1. The van der Waals surface area contributed by atoms with Gasteiger partial charge in [-0.2, -0.15) is 0 Å². The van der Waals surface area contributed by atoms with Crippen molar-refractivity contribution >= 4 is 7.82 Å². The number of benzene rings is 2. The third kappa shape index (κ3) is 5.48. The monoisotopic (exact) mass is 620 g/mol. The normalized spacial score (nSPS) is 39.4. The molecule has 6 rings (SSSR count). The van der Waals surface area contributed by atoms with Crippen molar-refractivity contribution in [1.29, 1.82) is 0 Å². The van der Waals surface area contributed by atoms with E-state index in [9.17, 15) is 14.4 Å². The summed E-state index contributed by atoms with van der Waals surface area (Å²) in [5, 5.41) is 0. The van der Waals surface area contributed by atoms with Crippen molar-refractivity contribution in [3.8, 4) is 0 Å². The molecule has 3 unspecified atom stereocenters. The molecule has 4 saturated carbocycles. The molecule has 0 saturated heterocycles. The van der Waals surface area contributed by atoms with Gasteiger partial charge in [-0.05, 0) is 96.0 Å². The minimum Gasteiger partial charge on any atom is -0.303 e. The van der Waals surface area contributed by atoms with Crippen LogP contribution in [0.3, 0.4) is 0 Å². The summed E-state index contributed by atoms with van der Waals surface area (Å²) in [6, 6.07) is 21.0. The molecule has 5 heteroatoms. The first-order valence-corrected chi connectivity index (χ1v) is 19.3. The van der Waals surface area contributed by atoms with Crippen LogP contribution in [0.15, 0.2) is 60.7 Å². The number of phosphoric acid groups is 1. The van der Waals surface area contributed by atoms with E-state index in [1.807, 2.05) is 18.2 Å². The van der Waals surface area contributed by atoms with Crippen LogP contribution in [0, 0.1) is 52.3 Å². The van der Waals surface area contributed by atoms with Gasteiger partial charge in [0.1, 0.15) is 5.60 Å². The van der Waals surface area contributed by atoms with Gasteiger partial charge in [0.05, 0.1) is 0 Å². The van der Waals surface area contributed by atoms with E-state index in [0.29, 0.717) is 23.2 Å². The largest absolute Gasteiger partial charge is 0.470 e. The summed E-state index contributed by atoms with van der Waals surface area (Å²) in [4.78, 5) is 21.7. The molecule has 0 heterocycles. The quantitative estimate of drug-likeness (QED) is 0.274. The summed E-state index contributed by atoms with van der Waals surface area (Å²) < 4.78 is 19.9. The summed E-state index contributed by atoms with van der Waals surface area (Å²) >= 11 is 0. The molecule has 242 valence electrons. The second kappa shape index (κ2) is 12.3. The van der Waals surface area contributed by atoms with Gasteiger partial charge in [-0.15, -0.1) is 0 Å². The standard InChI is InChI=1S/C39H57O4P/c1-27(2)15-14-16-28(3)36-38(5)26-24-33-32(23-22-30-19-12-13-25-37(30,33)4)35(38)34(29-17-8-6-9-18-29)39(36,43-44(40,41)42)31-20-10-7-11-21-31/h6-11,17-18,20-21,27-28,30,32-36H,12-16,19,22-26H2,1-5H3,(H2,40,41,42)/t28-,30?,32-,33+,34?,35-,36-,37+,38+,39?/m1/s1. The molecule has 0 amide bonds. The van der Waals surface area contributed by atoms with Gasteiger partial charge in [0.25, 0.3) is 0 Å². The molecule has 2 aromatic rings. The highest BCUT2D eigenvalue weighted by Crippen LogP contribution is 2.78. The summed E-state index contributed by atoms with van der Waals surface area (Å²) in [6.45, 7) is 12.1. The number of rotatable bonds is 9. The topological polar surface area (TPSA) is 66.8 Å². The molecule has 4 aliphatic rings. The molecular formula is C39H57O4P. The Kier molecular flexibility index (Phi) is 9.08. The average molecular weight is 621 g/mol. The first kappa shape index (κ1) is 32.5. The lowest BCUT2D eigenvalue weighted by molar-refractivity contribution is -0.119. The van der Waals surface area contributed by atoms with Gasteiger partial charge in [-0.25, -0.2) is 4.57 Å². The van der Waals surface area contributed by atoms with Crippen molar-refractivity contribution in [1.82, 2.24) is 0 Å². The lowest BCUT2D eigenvalue weighted by atomic mass is 9.44. The Morgan fingerprint density at radius 3 is 2.18 bits per heavy atom. The number of fused-ring (bicyclic) bond motifs is 5. The highest BCUT2D eigenvalue weighted by Gasteiger charge is 2.73. The zero-order chi connectivity index (χ0) is 31.3. The molecule has 4 fully saturated rings. The van der Waals surface area contributed by atoms with Crippen LogP contribution in [0.2, 0.25) is 0 Å². The van der Waals surface area contributed by atoms with Crippen LogP contribution in [-0.2, 0) is 14.7 Å². The second-order valence-electron chi connectivity index (χ2n) is 16.3. The van der Waals surface area contributed by atoms with Crippen molar-refractivity contribution in [3.05, 3.63) is 71.8 Å². The van der Waals surface area contributed by atoms with E-state index in [4.69, 9.17) is 4.52 Å². The van der Waals surface area contributed by atoms with Gasteiger partial charge < -0.3 is 9.79 Å². The van der Waals surface area contributed by atoms with E-state index in [1.54, 1.807) is 0 Å². The highest BCUT2D eigenvalue weighted by molar-refractivity contribution is 7.46. The van der Waals surface area contributed by atoms with Gasteiger partial charge >= 0.3 is 7.82 Å². The molecule has 0 bridgehead atoms. The molecule has 0 spiro atoms. The molecule has 2 aromatic carbocycles. The fourth-order valence-corrected chi connectivity index (χ4v) is 12.9. The molecule has 4 aliphatic carbocycles. The summed E-state index contributed by atoms with van der Waals surface area (Å²) in [5.74, 6) is 3.00. The maximum absolute atomic E-state index is 13.3. The Hall–Kier alpha value is -1.45. The van der Waals surface area contributed by atoms with Crippen LogP contribution in [0.25, 0.3) is 0 Å². The predicted molar refractivity (Wildman–Crippen MR) is 179 cm³/mol. The third-order valence-electron chi connectivity index (χ3n) is 13.5. The fraction of sp³-hybridized carbons (Fsp3) is 0.692. The van der Waals surface area contributed by atoms with E-state index in [2.05, 4.69) is 77.1 Å². The van der Waals surface area contributed by atoms with Gasteiger partial charge in [-0.1, -0.05) is 127 Å². The number of phosphoric ester groups is 1. The molecule has 0 aromatic heterocycles. The van der Waals surface area contributed by atoms with Gasteiger partial charge in [0.2, 0.25) is 0 Å². The lowest BCUT2D eigenvalue weighted by Gasteiger charge is -2.61. The maximum Gasteiger partial charge on any atom is 0.470 e. The molecule has 0 radical (unpaired) electrons. The van der Waals surface area contributed by atoms with Crippen molar-refractivity contribution in [2.45, 2.75) is 117 Å². The zero-order valence-corrected chi connectivity index (χ0v) is 28.7. The van der Waals surface area contributed by atoms with Crippen LogP contribution in [0.5, 0.6) is 0 Å². The molecule has 44 heavy (non-hydrogen) atoms. The van der Waals surface area contributed by atoms with E-state index >= 15 is 0 Å². The first-order valence-electron chi connectivity index (χ1n) is 17.8. The van der Waals surface area contributed by atoms with E-state index in [-0.39, 0.29) is 29.1 Å². The minimum absolute atomic E-state index is 0.0229.